The lowest BCUT2D eigenvalue weighted by molar-refractivity contribution is -0.147. The molecule has 13 heavy (non-hydrogen) atoms. The van der Waals surface area contributed by atoms with E-state index in [0.717, 1.165) is 0 Å². The maximum atomic E-state index is 10.8. The van der Waals surface area contributed by atoms with Crippen molar-refractivity contribution in [3.63, 3.8) is 0 Å². The molecule has 0 fully saturated rings. The van der Waals surface area contributed by atoms with Gasteiger partial charge in [-0.2, -0.15) is 0 Å². The maximum Gasteiger partial charge on any atom is 0.310 e. The van der Waals surface area contributed by atoms with E-state index in [4.69, 9.17) is 10.8 Å². The molecule has 0 aromatic carbocycles. The van der Waals surface area contributed by atoms with Crippen LogP contribution in [0.3, 0.4) is 0 Å². The van der Waals surface area contributed by atoms with Crippen LogP contribution in [0.25, 0.3) is 0 Å². The quantitative estimate of drug-likeness (QED) is 0.718. The number of hydrogen-bond acceptors (Lipinski definition) is 3. The highest BCUT2D eigenvalue weighted by Gasteiger charge is 2.27. The first-order chi connectivity index (χ1) is 5.93. The Hall–Kier alpha value is -1.52. The number of anilines is 1. The Kier molecular flexibility index (Phi) is 2.27. The molecule has 5 heteroatoms. The Morgan fingerprint density at radius 2 is 2.38 bits per heavy atom. The average molecular weight is 183 g/mol. The van der Waals surface area contributed by atoms with E-state index in [1.807, 2.05) is 0 Å². The van der Waals surface area contributed by atoms with Crippen molar-refractivity contribution in [3.05, 3.63) is 12.4 Å². The second-order valence-electron chi connectivity index (χ2n) is 3.60. The Morgan fingerprint density at radius 3 is 2.77 bits per heavy atom. The predicted octanol–water partition coefficient (Wildman–Crippen LogP) is 0.576. The molecule has 1 aromatic rings. The lowest BCUT2D eigenvalue weighted by atomic mass is 9.94. The number of aliphatic carboxylic acids is 1. The molecule has 0 aliphatic heterocycles. The van der Waals surface area contributed by atoms with E-state index >= 15 is 0 Å². The Morgan fingerprint density at radius 1 is 1.77 bits per heavy atom. The third-order valence-corrected chi connectivity index (χ3v) is 1.89. The monoisotopic (exact) mass is 183 g/mol. The fourth-order valence-corrected chi connectivity index (χ4v) is 0.968. The van der Waals surface area contributed by atoms with Gasteiger partial charge < -0.3 is 15.4 Å². The van der Waals surface area contributed by atoms with E-state index in [2.05, 4.69) is 4.98 Å². The first-order valence-electron chi connectivity index (χ1n) is 3.93. The Balaban J connectivity index is 2.80. The van der Waals surface area contributed by atoms with Crippen LogP contribution in [0.15, 0.2) is 12.4 Å². The highest BCUT2D eigenvalue weighted by Crippen LogP contribution is 2.19. The van der Waals surface area contributed by atoms with E-state index in [0.29, 0.717) is 12.5 Å². The number of carboxylic acid groups (broad SMARTS) is 1. The highest BCUT2D eigenvalue weighted by atomic mass is 16.4. The van der Waals surface area contributed by atoms with Gasteiger partial charge in [0.1, 0.15) is 0 Å². The Bertz CT molecular complexity index is 317. The molecule has 0 bridgehead atoms. The molecule has 0 aliphatic carbocycles. The van der Waals surface area contributed by atoms with Gasteiger partial charge in [0.05, 0.1) is 5.41 Å². The smallest absolute Gasteiger partial charge is 0.310 e. The van der Waals surface area contributed by atoms with Crippen LogP contribution in [0.5, 0.6) is 0 Å². The first-order valence-corrected chi connectivity index (χ1v) is 3.93. The summed E-state index contributed by atoms with van der Waals surface area (Å²) in [7, 11) is 0. The summed E-state index contributed by atoms with van der Waals surface area (Å²) in [5.74, 6) is -0.505. The lowest BCUT2D eigenvalue weighted by Crippen LogP contribution is -2.29. The van der Waals surface area contributed by atoms with Gasteiger partial charge in [-0.05, 0) is 13.8 Å². The maximum absolute atomic E-state index is 10.8. The number of aromatic nitrogens is 2. The average Bonchev–Trinajstić information content (AvgIpc) is 2.35. The molecule has 0 saturated heterocycles. The molecular weight excluding hydrogens is 170 g/mol. The van der Waals surface area contributed by atoms with Crippen molar-refractivity contribution in [1.82, 2.24) is 9.55 Å². The summed E-state index contributed by atoms with van der Waals surface area (Å²) in [5, 5.41) is 8.86. The summed E-state index contributed by atoms with van der Waals surface area (Å²) in [6.45, 7) is 3.62. The van der Waals surface area contributed by atoms with Crippen molar-refractivity contribution in [2.45, 2.75) is 20.4 Å². The van der Waals surface area contributed by atoms with Crippen LogP contribution < -0.4 is 5.73 Å². The van der Waals surface area contributed by atoms with Gasteiger partial charge >= 0.3 is 5.97 Å². The molecular formula is C8H13N3O2. The van der Waals surface area contributed by atoms with E-state index in [1.54, 1.807) is 30.8 Å². The topological polar surface area (TPSA) is 81.1 Å². The van der Waals surface area contributed by atoms with Gasteiger partial charge in [0.25, 0.3) is 0 Å². The van der Waals surface area contributed by atoms with E-state index in [-0.39, 0.29) is 0 Å². The van der Waals surface area contributed by atoms with Gasteiger partial charge in [-0.25, -0.2) is 4.98 Å². The summed E-state index contributed by atoms with van der Waals surface area (Å²) in [6, 6.07) is 0. The zero-order valence-corrected chi connectivity index (χ0v) is 7.69. The highest BCUT2D eigenvalue weighted by molar-refractivity contribution is 5.73. The SMILES string of the molecule is CC(C)(Cn1ccnc1N)C(=O)O. The summed E-state index contributed by atoms with van der Waals surface area (Å²) in [5.41, 5.74) is 4.68. The minimum absolute atomic E-state index is 0.328. The van der Waals surface area contributed by atoms with Crippen LogP contribution in [-0.2, 0) is 11.3 Å². The second kappa shape index (κ2) is 3.08. The number of rotatable bonds is 3. The zero-order chi connectivity index (χ0) is 10.1. The van der Waals surface area contributed by atoms with E-state index in [1.165, 1.54) is 0 Å². The third-order valence-electron chi connectivity index (χ3n) is 1.89. The van der Waals surface area contributed by atoms with Crippen molar-refractivity contribution in [2.24, 2.45) is 5.41 Å². The number of nitrogens with zero attached hydrogens (tertiary/aromatic N) is 2. The van der Waals surface area contributed by atoms with Crippen molar-refractivity contribution in [1.29, 1.82) is 0 Å². The van der Waals surface area contributed by atoms with Gasteiger partial charge in [-0.1, -0.05) is 0 Å². The van der Waals surface area contributed by atoms with Crippen LogP contribution in [-0.4, -0.2) is 20.6 Å². The molecule has 3 N–H and O–H groups in total. The number of nitrogen functional groups attached to an aromatic ring is 1. The molecule has 0 saturated carbocycles. The minimum atomic E-state index is -0.847. The van der Waals surface area contributed by atoms with Gasteiger partial charge in [-0.3, -0.25) is 4.79 Å². The van der Waals surface area contributed by atoms with Crippen LogP contribution in [0, 0.1) is 5.41 Å². The fourth-order valence-electron chi connectivity index (χ4n) is 0.968. The van der Waals surface area contributed by atoms with Crippen LogP contribution in [0.1, 0.15) is 13.8 Å². The zero-order valence-electron chi connectivity index (χ0n) is 7.69. The number of imidazole rings is 1. The normalized spacial score (nSPS) is 11.5. The molecule has 0 radical (unpaired) electrons. The number of nitrogens with two attached hydrogens (primary N) is 1. The van der Waals surface area contributed by atoms with Gasteiger partial charge in [-0.15, -0.1) is 0 Å². The largest absolute Gasteiger partial charge is 0.481 e. The standard InChI is InChI=1S/C8H13N3O2/c1-8(2,6(12)13)5-11-4-3-10-7(11)9/h3-4H,5H2,1-2H3,(H2,9,10)(H,12,13). The van der Waals surface area contributed by atoms with Gasteiger partial charge in [0.2, 0.25) is 0 Å². The van der Waals surface area contributed by atoms with Crippen molar-refractivity contribution < 1.29 is 9.90 Å². The molecule has 1 heterocycles. The van der Waals surface area contributed by atoms with E-state index < -0.39 is 11.4 Å². The second-order valence-corrected chi connectivity index (χ2v) is 3.60. The minimum Gasteiger partial charge on any atom is -0.481 e. The summed E-state index contributed by atoms with van der Waals surface area (Å²) < 4.78 is 1.62. The molecule has 1 aromatic heterocycles. The summed E-state index contributed by atoms with van der Waals surface area (Å²) >= 11 is 0. The number of carboxylic acids is 1. The van der Waals surface area contributed by atoms with Crippen molar-refractivity contribution >= 4 is 11.9 Å². The molecule has 0 spiro atoms. The van der Waals surface area contributed by atoms with E-state index in [9.17, 15) is 4.79 Å². The molecule has 0 unspecified atom stereocenters. The van der Waals surface area contributed by atoms with Gasteiger partial charge in [0, 0.05) is 18.9 Å². The molecule has 0 aliphatic rings. The van der Waals surface area contributed by atoms with Crippen LogP contribution in [0.2, 0.25) is 0 Å². The summed E-state index contributed by atoms with van der Waals surface area (Å²) in [4.78, 5) is 14.6. The first kappa shape index (κ1) is 9.57. The molecule has 0 amide bonds. The van der Waals surface area contributed by atoms with Crippen LogP contribution >= 0.6 is 0 Å². The third kappa shape index (κ3) is 1.99. The van der Waals surface area contributed by atoms with Gasteiger partial charge in [0.15, 0.2) is 5.95 Å². The molecule has 72 valence electrons. The molecule has 0 atom stereocenters. The lowest BCUT2D eigenvalue weighted by Gasteiger charge is -2.19. The molecule has 5 nitrogen and oxygen atoms in total. The number of hydrogen-bond donors (Lipinski definition) is 2. The van der Waals surface area contributed by atoms with Crippen LogP contribution in [0.4, 0.5) is 5.95 Å². The fraction of sp³-hybridized carbons (Fsp3) is 0.500. The predicted molar refractivity (Wildman–Crippen MR) is 48.1 cm³/mol. The number of carbonyl (C=O) groups is 1. The summed E-state index contributed by atoms with van der Waals surface area (Å²) in [6.07, 6.45) is 3.22. The Labute approximate surface area is 76.2 Å². The molecule has 1 rings (SSSR count). The van der Waals surface area contributed by atoms with Crippen molar-refractivity contribution in [3.8, 4) is 0 Å². The van der Waals surface area contributed by atoms with Crippen molar-refractivity contribution in [2.75, 3.05) is 5.73 Å².